The summed E-state index contributed by atoms with van der Waals surface area (Å²) in [5.74, 6) is -0.543. The molecule has 31 heavy (non-hydrogen) atoms. The van der Waals surface area contributed by atoms with Crippen LogP contribution < -0.4 is 0 Å². The summed E-state index contributed by atoms with van der Waals surface area (Å²) in [4.78, 5) is 23.2. The first-order valence-corrected chi connectivity index (χ1v) is 22.9. The molecule has 0 bridgehead atoms. The quantitative estimate of drug-likeness (QED) is 0.128. The van der Waals surface area contributed by atoms with E-state index in [1.54, 1.807) is 13.0 Å². The van der Waals surface area contributed by atoms with Crippen molar-refractivity contribution in [1.82, 2.24) is 0 Å². The molecule has 0 aromatic rings. The zero-order chi connectivity index (χ0) is 24.3. The maximum atomic E-state index is 11.6. The highest BCUT2D eigenvalue weighted by molar-refractivity contribution is 6.90. The monoisotopic (exact) mass is 508 g/mol. The van der Waals surface area contributed by atoms with Crippen molar-refractivity contribution in [3.63, 3.8) is 0 Å². The topological polar surface area (TPSA) is 80.3 Å². The van der Waals surface area contributed by atoms with Crippen LogP contribution in [0.1, 0.15) is 26.2 Å². The lowest BCUT2D eigenvalue weighted by Gasteiger charge is -2.43. The molecule has 11 heteroatoms. The number of methoxy groups -OCH3 is 1. The van der Waals surface area contributed by atoms with Gasteiger partial charge in [0.15, 0.2) is 25.0 Å². The Kier molecular flexibility index (Phi) is 13.0. The van der Waals surface area contributed by atoms with Gasteiger partial charge in [-0.25, -0.2) is 4.79 Å². The molecule has 0 rings (SSSR count). The zero-order valence-electron chi connectivity index (χ0n) is 21.3. The maximum Gasteiger partial charge on any atom is 0.469 e. The highest BCUT2D eigenvalue weighted by Gasteiger charge is 2.50. The molecule has 0 saturated carbocycles. The third-order valence-corrected chi connectivity index (χ3v) is 17.3. The summed E-state index contributed by atoms with van der Waals surface area (Å²) in [5.41, 5.74) is 0. The normalized spacial score (nSPS) is 13.5. The van der Waals surface area contributed by atoms with Gasteiger partial charge in [0.2, 0.25) is 0 Å². The Balaban J connectivity index is 5.52. The molecular formula is C20H44O7Si4. The Bertz CT molecular complexity index is 579. The molecule has 0 atom stereocenters. The summed E-state index contributed by atoms with van der Waals surface area (Å²) in [6.45, 7) is 19.2. The molecule has 0 aliphatic heterocycles. The van der Waals surface area contributed by atoms with Gasteiger partial charge >= 0.3 is 20.7 Å². The first-order valence-electron chi connectivity index (χ1n) is 11.0. The second-order valence-electron chi connectivity index (χ2n) is 10.2. The molecule has 0 aromatic carbocycles. The summed E-state index contributed by atoms with van der Waals surface area (Å²) in [6.07, 6.45) is 4.80. The molecule has 0 heterocycles. The van der Waals surface area contributed by atoms with Gasteiger partial charge in [-0.2, -0.15) is 0 Å². The van der Waals surface area contributed by atoms with Gasteiger partial charge in [0, 0.05) is 18.5 Å². The fraction of sp³-hybridized carbons (Fsp3) is 0.800. The van der Waals surface area contributed by atoms with Crippen molar-refractivity contribution in [1.29, 1.82) is 0 Å². The predicted molar refractivity (Wildman–Crippen MR) is 134 cm³/mol. The predicted octanol–water partition coefficient (Wildman–Crippen LogP) is 5.31. The van der Waals surface area contributed by atoms with E-state index in [4.69, 9.17) is 21.8 Å². The Morgan fingerprint density at radius 3 is 1.81 bits per heavy atom. The van der Waals surface area contributed by atoms with Crippen LogP contribution in [-0.2, 0) is 31.4 Å². The number of rotatable bonds is 15. The first-order chi connectivity index (χ1) is 14.0. The van der Waals surface area contributed by atoms with Gasteiger partial charge in [0.05, 0.1) is 13.7 Å². The number of esters is 2. The van der Waals surface area contributed by atoms with Gasteiger partial charge in [-0.05, 0) is 78.2 Å². The van der Waals surface area contributed by atoms with Gasteiger partial charge in [-0.15, -0.1) is 0 Å². The number of allylic oxidation sites excluding steroid dienone is 1. The van der Waals surface area contributed by atoms with Crippen LogP contribution in [0.2, 0.25) is 64.5 Å². The summed E-state index contributed by atoms with van der Waals surface area (Å²) < 4.78 is 30.3. The standard InChI is InChI=1S/C20H44O7Si4/c1-11-14-20(22)24-16-13-18-31(25-28(3,4)5,26-29(6,7)8)27-30(9,10)17-12-15-19(21)23-2/h11,14H,12-13,15-18H2,1-10H3. The lowest BCUT2D eigenvalue weighted by molar-refractivity contribution is -0.140. The van der Waals surface area contributed by atoms with Gasteiger partial charge in [0.25, 0.3) is 0 Å². The van der Waals surface area contributed by atoms with Crippen LogP contribution in [0.4, 0.5) is 0 Å². The summed E-state index contributed by atoms with van der Waals surface area (Å²) in [6, 6.07) is 1.43. The molecule has 0 radical (unpaired) electrons. The van der Waals surface area contributed by atoms with E-state index < -0.39 is 33.8 Å². The van der Waals surface area contributed by atoms with Crippen LogP contribution in [-0.4, -0.2) is 59.4 Å². The van der Waals surface area contributed by atoms with Crippen molar-refractivity contribution in [3.05, 3.63) is 12.2 Å². The summed E-state index contributed by atoms with van der Waals surface area (Å²) in [5, 5.41) is 0. The van der Waals surface area contributed by atoms with Gasteiger partial charge in [0.1, 0.15) is 0 Å². The summed E-state index contributed by atoms with van der Waals surface area (Å²) in [7, 11) is -7.75. The minimum atomic E-state index is -3.02. The highest BCUT2D eigenvalue weighted by Crippen LogP contribution is 2.31. The third kappa shape index (κ3) is 15.8. The molecule has 0 spiro atoms. The number of carbonyl (C=O) groups is 2. The molecule has 0 aliphatic rings. The van der Waals surface area contributed by atoms with Gasteiger partial charge < -0.3 is 21.8 Å². The van der Waals surface area contributed by atoms with Gasteiger partial charge in [-0.1, -0.05) is 6.08 Å². The van der Waals surface area contributed by atoms with Crippen LogP contribution in [0.5, 0.6) is 0 Å². The average molecular weight is 509 g/mol. The smallest absolute Gasteiger partial charge is 0.469 e. The average Bonchev–Trinajstić information content (AvgIpc) is 2.55. The van der Waals surface area contributed by atoms with Crippen LogP contribution in [0, 0.1) is 0 Å². The van der Waals surface area contributed by atoms with E-state index >= 15 is 0 Å². The van der Waals surface area contributed by atoms with Crippen LogP contribution in [0.3, 0.4) is 0 Å². The van der Waals surface area contributed by atoms with Crippen molar-refractivity contribution in [3.8, 4) is 0 Å². The number of hydrogen-bond donors (Lipinski definition) is 0. The molecule has 0 saturated heterocycles. The van der Waals surface area contributed by atoms with E-state index in [0.29, 0.717) is 25.5 Å². The van der Waals surface area contributed by atoms with Crippen LogP contribution in [0.15, 0.2) is 12.2 Å². The molecule has 182 valence electrons. The molecule has 0 unspecified atom stereocenters. The molecule has 0 N–H and O–H groups in total. The Hall–Kier alpha value is -0.572. The Morgan fingerprint density at radius 1 is 0.806 bits per heavy atom. The second-order valence-corrected chi connectivity index (χ2v) is 27.0. The zero-order valence-corrected chi connectivity index (χ0v) is 25.3. The molecule has 7 nitrogen and oxygen atoms in total. The Morgan fingerprint density at radius 2 is 1.35 bits per heavy atom. The number of ether oxygens (including phenoxy) is 2. The highest BCUT2D eigenvalue weighted by atomic mass is 28.5. The fourth-order valence-electron chi connectivity index (χ4n) is 3.03. The van der Waals surface area contributed by atoms with E-state index in [9.17, 15) is 9.59 Å². The largest absolute Gasteiger partial charge is 0.469 e. The van der Waals surface area contributed by atoms with Crippen LogP contribution >= 0.6 is 0 Å². The minimum Gasteiger partial charge on any atom is -0.469 e. The van der Waals surface area contributed by atoms with E-state index in [1.807, 2.05) is 0 Å². The molecule has 0 amide bonds. The SMILES string of the molecule is CC=CC(=O)OCCC[Si](O[Si](C)(C)C)(O[Si](C)(C)C)O[Si](C)(C)CCCC(=O)OC. The molecule has 0 fully saturated rings. The molecular weight excluding hydrogens is 465 g/mol. The van der Waals surface area contributed by atoms with Crippen molar-refractivity contribution in [2.24, 2.45) is 0 Å². The minimum absolute atomic E-state index is 0.201. The maximum absolute atomic E-state index is 11.6. The Labute approximate surface area is 193 Å². The molecule has 0 aromatic heterocycles. The molecule has 0 aliphatic carbocycles. The summed E-state index contributed by atoms with van der Waals surface area (Å²) >= 11 is 0. The third-order valence-electron chi connectivity index (χ3n) is 3.92. The lowest BCUT2D eigenvalue weighted by Crippen LogP contribution is -2.61. The van der Waals surface area contributed by atoms with E-state index in [1.165, 1.54) is 13.2 Å². The second kappa shape index (κ2) is 13.2. The lowest BCUT2D eigenvalue weighted by atomic mass is 10.3. The van der Waals surface area contributed by atoms with Crippen molar-refractivity contribution < 1.29 is 31.4 Å². The van der Waals surface area contributed by atoms with E-state index in [-0.39, 0.29) is 11.9 Å². The van der Waals surface area contributed by atoms with Crippen molar-refractivity contribution in [2.45, 2.75) is 90.7 Å². The van der Waals surface area contributed by atoms with Crippen molar-refractivity contribution >= 4 is 45.7 Å². The van der Waals surface area contributed by atoms with Gasteiger partial charge in [-0.3, -0.25) is 4.79 Å². The van der Waals surface area contributed by atoms with Crippen molar-refractivity contribution in [2.75, 3.05) is 13.7 Å². The van der Waals surface area contributed by atoms with E-state index in [2.05, 4.69) is 52.4 Å². The number of hydrogen-bond acceptors (Lipinski definition) is 7. The first kappa shape index (κ1) is 30.4. The van der Waals surface area contributed by atoms with E-state index in [0.717, 1.165) is 12.5 Å². The fourth-order valence-corrected chi connectivity index (χ4v) is 18.7. The van der Waals surface area contributed by atoms with Crippen LogP contribution in [0.25, 0.3) is 0 Å². The number of carbonyl (C=O) groups excluding carboxylic acids is 2.